The van der Waals surface area contributed by atoms with Crippen LogP contribution in [-0.4, -0.2) is 50.2 Å². The van der Waals surface area contributed by atoms with Gasteiger partial charge >= 0.3 is 0 Å². The Morgan fingerprint density at radius 1 is 0.962 bits per heavy atom. The molecule has 0 N–H and O–H groups in total. The lowest BCUT2D eigenvalue weighted by atomic mass is 10.2. The van der Waals surface area contributed by atoms with Crippen LogP contribution in [-0.2, 0) is 4.79 Å². The second-order valence-corrected chi connectivity index (χ2v) is 6.39. The van der Waals surface area contributed by atoms with Crippen LogP contribution in [0.2, 0.25) is 5.02 Å². The van der Waals surface area contributed by atoms with Gasteiger partial charge in [-0.15, -0.1) is 0 Å². The Labute approximate surface area is 159 Å². The number of hydrogen-bond acceptors (Lipinski definition) is 4. The van der Waals surface area contributed by atoms with Crippen LogP contribution in [0.15, 0.2) is 48.5 Å². The molecule has 0 unspecified atom stereocenters. The number of ether oxygens (including phenoxy) is 2. The van der Waals surface area contributed by atoms with Crippen molar-refractivity contribution in [2.75, 3.05) is 44.3 Å². The van der Waals surface area contributed by atoms with Gasteiger partial charge in [-0.05, 0) is 31.2 Å². The first-order valence-electron chi connectivity index (χ1n) is 8.81. The van der Waals surface area contributed by atoms with E-state index in [9.17, 15) is 4.79 Å². The first-order valence-corrected chi connectivity index (χ1v) is 9.18. The van der Waals surface area contributed by atoms with E-state index in [1.54, 1.807) is 12.1 Å². The first-order chi connectivity index (χ1) is 12.7. The predicted molar refractivity (Wildman–Crippen MR) is 103 cm³/mol. The Kier molecular flexibility index (Phi) is 6.23. The van der Waals surface area contributed by atoms with Crippen molar-refractivity contribution in [2.45, 2.75) is 6.92 Å². The molecular weight excluding hydrogens is 352 g/mol. The van der Waals surface area contributed by atoms with Gasteiger partial charge in [-0.3, -0.25) is 4.79 Å². The molecule has 6 heteroatoms. The first kappa shape index (κ1) is 18.4. The topological polar surface area (TPSA) is 42.0 Å². The van der Waals surface area contributed by atoms with Crippen molar-refractivity contribution in [1.29, 1.82) is 0 Å². The van der Waals surface area contributed by atoms with Gasteiger partial charge in [0.05, 0.1) is 17.3 Å². The third-order valence-corrected chi connectivity index (χ3v) is 4.64. The molecule has 1 amide bonds. The Balaban J connectivity index is 1.53. The number of anilines is 1. The van der Waals surface area contributed by atoms with Crippen LogP contribution in [0.25, 0.3) is 0 Å². The highest BCUT2D eigenvalue weighted by Gasteiger charge is 2.23. The van der Waals surface area contributed by atoms with E-state index in [2.05, 4.69) is 11.0 Å². The molecule has 5 nitrogen and oxygen atoms in total. The fourth-order valence-corrected chi connectivity index (χ4v) is 3.18. The molecule has 0 atom stereocenters. The average Bonchev–Trinajstić information content (AvgIpc) is 2.68. The highest BCUT2D eigenvalue weighted by atomic mass is 35.5. The lowest BCUT2D eigenvalue weighted by Crippen LogP contribution is -2.50. The normalized spacial score (nSPS) is 14.2. The monoisotopic (exact) mass is 374 g/mol. The molecule has 0 bridgehead atoms. The number of hydrogen-bond donors (Lipinski definition) is 0. The van der Waals surface area contributed by atoms with Crippen LogP contribution in [0.5, 0.6) is 11.5 Å². The predicted octanol–water partition coefficient (Wildman–Crippen LogP) is 3.47. The van der Waals surface area contributed by atoms with Crippen LogP contribution in [0.3, 0.4) is 0 Å². The number of halogens is 1. The Morgan fingerprint density at radius 3 is 2.31 bits per heavy atom. The zero-order valence-corrected chi connectivity index (χ0v) is 15.6. The van der Waals surface area contributed by atoms with Crippen LogP contribution >= 0.6 is 11.6 Å². The largest absolute Gasteiger partial charge is 0.492 e. The van der Waals surface area contributed by atoms with Crippen molar-refractivity contribution in [3.63, 3.8) is 0 Å². The van der Waals surface area contributed by atoms with Gasteiger partial charge in [0.25, 0.3) is 5.91 Å². The van der Waals surface area contributed by atoms with Crippen molar-refractivity contribution in [2.24, 2.45) is 0 Å². The van der Waals surface area contributed by atoms with Crippen molar-refractivity contribution in [3.8, 4) is 11.5 Å². The summed E-state index contributed by atoms with van der Waals surface area (Å²) in [6.45, 7) is 5.46. The number of amides is 1. The molecule has 0 spiro atoms. The summed E-state index contributed by atoms with van der Waals surface area (Å²) in [6.07, 6.45) is 0. The third kappa shape index (κ3) is 4.41. The van der Waals surface area contributed by atoms with E-state index in [0.29, 0.717) is 30.5 Å². The van der Waals surface area contributed by atoms with Gasteiger partial charge in [0.15, 0.2) is 6.61 Å². The quantitative estimate of drug-likeness (QED) is 0.776. The van der Waals surface area contributed by atoms with Gasteiger partial charge in [-0.1, -0.05) is 35.9 Å². The van der Waals surface area contributed by atoms with Crippen LogP contribution < -0.4 is 14.4 Å². The van der Waals surface area contributed by atoms with Crippen LogP contribution in [0, 0.1) is 0 Å². The summed E-state index contributed by atoms with van der Waals surface area (Å²) >= 11 is 6.05. The Morgan fingerprint density at radius 2 is 1.62 bits per heavy atom. The molecule has 1 aliphatic rings. The summed E-state index contributed by atoms with van der Waals surface area (Å²) in [4.78, 5) is 16.5. The number of carbonyl (C=O) groups is 1. The van der Waals surface area contributed by atoms with E-state index in [4.69, 9.17) is 21.1 Å². The average molecular weight is 375 g/mol. The maximum absolute atomic E-state index is 12.4. The molecule has 1 heterocycles. The van der Waals surface area contributed by atoms with Crippen molar-refractivity contribution in [3.05, 3.63) is 53.6 Å². The minimum Gasteiger partial charge on any atom is -0.492 e. The molecule has 138 valence electrons. The molecule has 0 radical (unpaired) electrons. The van der Waals surface area contributed by atoms with E-state index in [0.717, 1.165) is 24.5 Å². The molecule has 26 heavy (non-hydrogen) atoms. The van der Waals surface area contributed by atoms with Crippen LogP contribution in [0.1, 0.15) is 6.92 Å². The maximum atomic E-state index is 12.4. The Bertz CT molecular complexity index is 745. The summed E-state index contributed by atoms with van der Waals surface area (Å²) in [5.74, 6) is 1.39. The lowest BCUT2D eigenvalue weighted by Gasteiger charge is -2.36. The summed E-state index contributed by atoms with van der Waals surface area (Å²) < 4.78 is 11.3. The fourth-order valence-electron chi connectivity index (χ4n) is 2.99. The van der Waals surface area contributed by atoms with Gasteiger partial charge < -0.3 is 19.3 Å². The van der Waals surface area contributed by atoms with Crippen molar-refractivity contribution in [1.82, 2.24) is 4.90 Å². The molecule has 1 saturated heterocycles. The number of piperazine rings is 1. The molecule has 2 aromatic carbocycles. The minimum absolute atomic E-state index is 0.000728. The van der Waals surface area contributed by atoms with Crippen molar-refractivity contribution < 1.29 is 14.3 Å². The minimum atomic E-state index is -0.0253. The van der Waals surface area contributed by atoms with E-state index >= 15 is 0 Å². The van der Waals surface area contributed by atoms with E-state index in [1.807, 2.05) is 42.2 Å². The second kappa shape index (κ2) is 8.81. The molecule has 1 fully saturated rings. The Hall–Kier alpha value is -2.40. The number of para-hydroxylation sites is 3. The smallest absolute Gasteiger partial charge is 0.260 e. The van der Waals surface area contributed by atoms with E-state index in [1.165, 1.54) is 0 Å². The summed E-state index contributed by atoms with van der Waals surface area (Å²) in [5, 5.41) is 0.512. The number of carbonyl (C=O) groups excluding carboxylic acids is 1. The summed E-state index contributed by atoms with van der Waals surface area (Å²) in [6, 6.07) is 15.2. The van der Waals surface area contributed by atoms with E-state index < -0.39 is 0 Å². The molecule has 0 aliphatic carbocycles. The molecule has 2 aromatic rings. The molecule has 3 rings (SSSR count). The van der Waals surface area contributed by atoms with Gasteiger partial charge in [-0.25, -0.2) is 0 Å². The maximum Gasteiger partial charge on any atom is 0.260 e. The fraction of sp³-hybridized carbons (Fsp3) is 0.350. The number of benzene rings is 2. The number of rotatable bonds is 6. The lowest BCUT2D eigenvalue weighted by molar-refractivity contribution is -0.133. The zero-order chi connectivity index (χ0) is 18.4. The van der Waals surface area contributed by atoms with Crippen LogP contribution in [0.4, 0.5) is 5.69 Å². The zero-order valence-electron chi connectivity index (χ0n) is 14.9. The highest BCUT2D eigenvalue weighted by molar-refractivity contribution is 6.32. The third-order valence-electron chi connectivity index (χ3n) is 4.33. The van der Waals surface area contributed by atoms with Gasteiger partial charge in [0.2, 0.25) is 0 Å². The SMILES string of the molecule is CCOc1ccccc1N1CCN(C(=O)COc2ccccc2Cl)CC1. The number of nitrogens with zero attached hydrogens (tertiary/aromatic N) is 2. The van der Waals surface area contributed by atoms with E-state index in [-0.39, 0.29) is 12.5 Å². The summed E-state index contributed by atoms with van der Waals surface area (Å²) in [5.41, 5.74) is 1.08. The standard InChI is InChI=1S/C20H23ClN2O3/c1-2-25-19-10-6-4-8-17(19)22-11-13-23(14-12-22)20(24)15-26-18-9-5-3-7-16(18)21/h3-10H,2,11-15H2,1H3. The molecule has 0 aromatic heterocycles. The molecular formula is C20H23ClN2O3. The van der Waals surface area contributed by atoms with Gasteiger partial charge in [0, 0.05) is 26.2 Å². The highest BCUT2D eigenvalue weighted by Crippen LogP contribution is 2.29. The second-order valence-electron chi connectivity index (χ2n) is 5.99. The summed E-state index contributed by atoms with van der Waals surface area (Å²) in [7, 11) is 0. The molecule has 0 saturated carbocycles. The van der Waals surface area contributed by atoms with Gasteiger partial charge in [0.1, 0.15) is 11.5 Å². The van der Waals surface area contributed by atoms with Gasteiger partial charge in [-0.2, -0.15) is 0 Å². The molecule has 1 aliphatic heterocycles. The van der Waals surface area contributed by atoms with Crippen molar-refractivity contribution >= 4 is 23.2 Å².